The SMILES string of the molecule is CCCC1(OC(=O)C2CCCCC2)CCCCC1. The highest BCUT2D eigenvalue weighted by molar-refractivity contribution is 5.73. The smallest absolute Gasteiger partial charge is 0.309 e. The lowest BCUT2D eigenvalue weighted by Crippen LogP contribution is -2.39. The first-order valence-electron chi connectivity index (χ1n) is 7.99. The molecule has 2 heteroatoms. The van der Waals surface area contributed by atoms with Gasteiger partial charge in [0.1, 0.15) is 5.60 Å². The van der Waals surface area contributed by atoms with Gasteiger partial charge in [-0.3, -0.25) is 4.79 Å². The monoisotopic (exact) mass is 252 g/mol. The molecule has 2 aliphatic carbocycles. The molecule has 2 nitrogen and oxygen atoms in total. The molecule has 18 heavy (non-hydrogen) atoms. The van der Waals surface area contributed by atoms with Gasteiger partial charge in [-0.1, -0.05) is 39.0 Å². The first-order chi connectivity index (χ1) is 8.76. The van der Waals surface area contributed by atoms with E-state index in [1.54, 1.807) is 0 Å². The van der Waals surface area contributed by atoms with E-state index in [1.807, 2.05) is 0 Å². The lowest BCUT2D eigenvalue weighted by atomic mass is 9.81. The fraction of sp³-hybridized carbons (Fsp3) is 0.938. The van der Waals surface area contributed by atoms with Gasteiger partial charge in [0.05, 0.1) is 5.92 Å². The van der Waals surface area contributed by atoms with E-state index in [-0.39, 0.29) is 17.5 Å². The molecule has 0 radical (unpaired) electrons. The number of hydrogen-bond donors (Lipinski definition) is 0. The molecule has 2 aliphatic rings. The van der Waals surface area contributed by atoms with Gasteiger partial charge < -0.3 is 4.74 Å². The summed E-state index contributed by atoms with van der Waals surface area (Å²) in [6, 6.07) is 0. The second kappa shape index (κ2) is 6.58. The molecule has 0 aliphatic heterocycles. The van der Waals surface area contributed by atoms with Crippen molar-refractivity contribution in [1.82, 2.24) is 0 Å². The third-order valence-corrected chi connectivity index (χ3v) is 4.73. The van der Waals surface area contributed by atoms with Crippen LogP contribution in [0.4, 0.5) is 0 Å². The molecule has 0 N–H and O–H groups in total. The van der Waals surface area contributed by atoms with Crippen molar-refractivity contribution in [3.63, 3.8) is 0 Å². The van der Waals surface area contributed by atoms with Gasteiger partial charge in [-0.15, -0.1) is 0 Å². The standard InChI is InChI=1S/C16H28O2/c1-2-11-16(12-7-4-8-13-16)18-15(17)14-9-5-3-6-10-14/h14H,2-13H2,1H3. The molecular weight excluding hydrogens is 224 g/mol. The predicted octanol–water partition coefficient (Wildman–Crippen LogP) is 4.61. The van der Waals surface area contributed by atoms with Gasteiger partial charge in [0.2, 0.25) is 0 Å². The Bertz CT molecular complexity index is 255. The lowest BCUT2D eigenvalue weighted by molar-refractivity contribution is -0.170. The molecule has 0 atom stereocenters. The zero-order valence-electron chi connectivity index (χ0n) is 11.9. The molecule has 0 aromatic rings. The van der Waals surface area contributed by atoms with Crippen molar-refractivity contribution in [2.75, 3.05) is 0 Å². The van der Waals surface area contributed by atoms with Crippen LogP contribution in [-0.2, 0) is 9.53 Å². The third-order valence-electron chi connectivity index (χ3n) is 4.73. The quantitative estimate of drug-likeness (QED) is 0.683. The lowest BCUT2D eigenvalue weighted by Gasteiger charge is -2.38. The van der Waals surface area contributed by atoms with Crippen LogP contribution in [0.1, 0.15) is 84.0 Å². The zero-order valence-corrected chi connectivity index (χ0v) is 11.9. The highest BCUT2D eigenvalue weighted by Gasteiger charge is 2.37. The molecule has 0 aromatic carbocycles. The maximum atomic E-state index is 12.3. The molecule has 2 rings (SSSR count). The Morgan fingerprint density at radius 2 is 1.67 bits per heavy atom. The second-order valence-electron chi connectivity index (χ2n) is 6.25. The molecule has 0 bridgehead atoms. The molecule has 104 valence electrons. The van der Waals surface area contributed by atoms with Gasteiger partial charge in [0, 0.05) is 0 Å². The van der Waals surface area contributed by atoms with Crippen LogP contribution in [0.2, 0.25) is 0 Å². The van der Waals surface area contributed by atoms with Crippen molar-refractivity contribution < 1.29 is 9.53 Å². The van der Waals surface area contributed by atoms with Crippen LogP contribution in [0.3, 0.4) is 0 Å². The molecule has 2 fully saturated rings. The van der Waals surface area contributed by atoms with Gasteiger partial charge >= 0.3 is 5.97 Å². The van der Waals surface area contributed by atoms with Crippen molar-refractivity contribution in [2.45, 2.75) is 89.6 Å². The van der Waals surface area contributed by atoms with Crippen LogP contribution >= 0.6 is 0 Å². The van der Waals surface area contributed by atoms with E-state index in [4.69, 9.17) is 4.74 Å². The number of ether oxygens (including phenoxy) is 1. The minimum atomic E-state index is -0.0957. The van der Waals surface area contributed by atoms with Crippen LogP contribution in [0.25, 0.3) is 0 Å². The number of carbonyl (C=O) groups is 1. The second-order valence-corrected chi connectivity index (χ2v) is 6.25. The Balaban J connectivity index is 1.92. The van der Waals surface area contributed by atoms with Crippen molar-refractivity contribution in [2.24, 2.45) is 5.92 Å². The first kappa shape index (κ1) is 13.9. The number of esters is 1. The average molecular weight is 252 g/mol. The van der Waals surface area contributed by atoms with Crippen molar-refractivity contribution in [3.8, 4) is 0 Å². The van der Waals surface area contributed by atoms with E-state index >= 15 is 0 Å². The Labute approximate surface area is 111 Å². The Morgan fingerprint density at radius 1 is 1.06 bits per heavy atom. The van der Waals surface area contributed by atoms with Gasteiger partial charge in [0.25, 0.3) is 0 Å². The van der Waals surface area contributed by atoms with Gasteiger partial charge in [-0.2, -0.15) is 0 Å². The third kappa shape index (κ3) is 3.49. The number of rotatable bonds is 4. The topological polar surface area (TPSA) is 26.3 Å². The fourth-order valence-corrected chi connectivity index (χ4v) is 3.69. The van der Waals surface area contributed by atoms with E-state index in [2.05, 4.69) is 6.92 Å². The normalized spacial score (nSPS) is 24.7. The summed E-state index contributed by atoms with van der Waals surface area (Å²) in [6.45, 7) is 2.20. The number of carbonyl (C=O) groups excluding carboxylic acids is 1. The Kier molecular flexibility index (Phi) is 5.08. The largest absolute Gasteiger partial charge is 0.459 e. The van der Waals surface area contributed by atoms with E-state index in [1.165, 1.54) is 38.5 Å². The minimum Gasteiger partial charge on any atom is -0.459 e. The van der Waals surface area contributed by atoms with E-state index in [9.17, 15) is 4.79 Å². The van der Waals surface area contributed by atoms with E-state index < -0.39 is 0 Å². The van der Waals surface area contributed by atoms with E-state index in [0.29, 0.717) is 0 Å². The maximum absolute atomic E-state index is 12.3. The molecule has 0 aromatic heterocycles. The summed E-state index contributed by atoms with van der Waals surface area (Å²) in [4.78, 5) is 12.3. The highest BCUT2D eigenvalue weighted by Crippen LogP contribution is 2.37. The fourth-order valence-electron chi connectivity index (χ4n) is 3.69. The van der Waals surface area contributed by atoms with Crippen molar-refractivity contribution >= 4 is 5.97 Å². The summed E-state index contributed by atoms with van der Waals surface area (Å²) < 4.78 is 6.02. The Morgan fingerprint density at radius 3 is 2.28 bits per heavy atom. The summed E-state index contributed by atoms with van der Waals surface area (Å²) in [5, 5.41) is 0. The van der Waals surface area contributed by atoms with Crippen LogP contribution in [0, 0.1) is 5.92 Å². The van der Waals surface area contributed by atoms with Gasteiger partial charge in [-0.25, -0.2) is 0 Å². The summed E-state index contributed by atoms with van der Waals surface area (Å²) >= 11 is 0. The first-order valence-corrected chi connectivity index (χ1v) is 7.99. The average Bonchev–Trinajstić information content (AvgIpc) is 2.41. The molecule has 0 unspecified atom stereocenters. The predicted molar refractivity (Wildman–Crippen MR) is 73.4 cm³/mol. The molecule has 0 spiro atoms. The summed E-state index contributed by atoms with van der Waals surface area (Å²) in [5.41, 5.74) is -0.0957. The maximum Gasteiger partial charge on any atom is 0.309 e. The molecule has 2 saturated carbocycles. The minimum absolute atomic E-state index is 0.0957. The number of hydrogen-bond acceptors (Lipinski definition) is 2. The Hall–Kier alpha value is -0.530. The summed E-state index contributed by atoms with van der Waals surface area (Å²) in [6.07, 6.45) is 14.0. The zero-order chi connectivity index (χ0) is 12.8. The van der Waals surface area contributed by atoms with Crippen LogP contribution in [-0.4, -0.2) is 11.6 Å². The van der Waals surface area contributed by atoms with Crippen LogP contribution < -0.4 is 0 Å². The molecule has 0 heterocycles. The van der Waals surface area contributed by atoms with E-state index in [0.717, 1.165) is 38.5 Å². The summed E-state index contributed by atoms with van der Waals surface area (Å²) in [5.74, 6) is 0.319. The van der Waals surface area contributed by atoms with Gasteiger partial charge in [-0.05, 0) is 44.9 Å². The van der Waals surface area contributed by atoms with Crippen LogP contribution in [0.5, 0.6) is 0 Å². The van der Waals surface area contributed by atoms with Crippen LogP contribution in [0.15, 0.2) is 0 Å². The van der Waals surface area contributed by atoms with Crippen molar-refractivity contribution in [3.05, 3.63) is 0 Å². The molecule has 0 amide bonds. The molecule has 0 saturated heterocycles. The van der Waals surface area contributed by atoms with Gasteiger partial charge in [0.15, 0.2) is 0 Å². The molecular formula is C16H28O2. The van der Waals surface area contributed by atoms with Crippen molar-refractivity contribution in [1.29, 1.82) is 0 Å². The highest BCUT2D eigenvalue weighted by atomic mass is 16.6. The summed E-state index contributed by atoms with van der Waals surface area (Å²) in [7, 11) is 0.